The summed E-state index contributed by atoms with van der Waals surface area (Å²) in [7, 11) is 0. The molecule has 0 aromatic heterocycles. The third-order valence-corrected chi connectivity index (χ3v) is 2.77. The number of carboxylic acid groups (broad SMARTS) is 1. The first kappa shape index (κ1) is 15.9. The number of carbonyl (C=O) groups is 2. The highest BCUT2D eigenvalue weighted by Crippen LogP contribution is 2.13. The Morgan fingerprint density at radius 1 is 1.35 bits per heavy atom. The maximum atomic E-state index is 11.8. The molecular weight excluding hydrogens is 220 g/mol. The number of hydrogen-bond acceptors (Lipinski definition) is 3. The largest absolute Gasteiger partial charge is 0.480 e. The van der Waals surface area contributed by atoms with Crippen LogP contribution in [0.25, 0.3) is 0 Å². The van der Waals surface area contributed by atoms with Crippen molar-refractivity contribution in [1.29, 1.82) is 0 Å². The predicted octanol–water partition coefficient (Wildman–Crippen LogP) is 0.992. The molecule has 0 aliphatic rings. The molecule has 2 atom stereocenters. The summed E-state index contributed by atoms with van der Waals surface area (Å²) in [5.74, 6) is -1.43. The van der Waals surface area contributed by atoms with Gasteiger partial charge in [0.25, 0.3) is 0 Å². The fourth-order valence-corrected chi connectivity index (χ4v) is 1.57. The van der Waals surface area contributed by atoms with Crippen LogP contribution in [0.2, 0.25) is 0 Å². The van der Waals surface area contributed by atoms with Crippen molar-refractivity contribution < 1.29 is 14.7 Å². The monoisotopic (exact) mass is 244 g/mol. The molecule has 0 aliphatic carbocycles. The summed E-state index contributed by atoms with van der Waals surface area (Å²) >= 11 is 0. The second-order valence-electron chi connectivity index (χ2n) is 4.59. The van der Waals surface area contributed by atoms with Crippen molar-refractivity contribution in [3.63, 3.8) is 0 Å². The normalized spacial score (nSPS) is 16.0. The number of carboxylic acids is 1. The Labute approximate surface area is 103 Å². The van der Waals surface area contributed by atoms with Crippen LogP contribution in [0, 0.1) is 5.92 Å². The van der Waals surface area contributed by atoms with Crippen molar-refractivity contribution in [1.82, 2.24) is 10.6 Å². The van der Waals surface area contributed by atoms with Crippen molar-refractivity contribution >= 4 is 11.9 Å². The van der Waals surface area contributed by atoms with Crippen LogP contribution < -0.4 is 10.6 Å². The van der Waals surface area contributed by atoms with Gasteiger partial charge in [0.1, 0.15) is 5.54 Å². The summed E-state index contributed by atoms with van der Waals surface area (Å²) in [4.78, 5) is 23.0. The van der Waals surface area contributed by atoms with Crippen LogP contribution in [0.4, 0.5) is 0 Å². The molecule has 0 heterocycles. The number of rotatable bonds is 8. The van der Waals surface area contributed by atoms with Crippen molar-refractivity contribution in [2.45, 2.75) is 46.1 Å². The second kappa shape index (κ2) is 7.27. The van der Waals surface area contributed by atoms with E-state index < -0.39 is 11.5 Å². The van der Waals surface area contributed by atoms with Gasteiger partial charge < -0.3 is 15.7 Å². The second-order valence-corrected chi connectivity index (χ2v) is 4.59. The molecule has 1 amide bonds. The average Bonchev–Trinajstić information content (AvgIpc) is 2.25. The molecule has 3 N–H and O–H groups in total. The molecule has 0 radical (unpaired) electrons. The Kier molecular flexibility index (Phi) is 6.80. The van der Waals surface area contributed by atoms with Gasteiger partial charge in [0, 0.05) is 12.5 Å². The molecule has 0 spiro atoms. The van der Waals surface area contributed by atoms with Crippen molar-refractivity contribution in [3.8, 4) is 0 Å². The fraction of sp³-hybridized carbons (Fsp3) is 0.833. The van der Waals surface area contributed by atoms with E-state index >= 15 is 0 Å². The van der Waals surface area contributed by atoms with Gasteiger partial charge in [-0.05, 0) is 19.9 Å². The average molecular weight is 244 g/mol. The van der Waals surface area contributed by atoms with E-state index in [4.69, 9.17) is 5.11 Å². The Balaban J connectivity index is 4.45. The Morgan fingerprint density at radius 2 is 1.94 bits per heavy atom. The van der Waals surface area contributed by atoms with Gasteiger partial charge in [-0.1, -0.05) is 27.2 Å². The topological polar surface area (TPSA) is 78.4 Å². The van der Waals surface area contributed by atoms with Crippen LogP contribution in [-0.2, 0) is 9.59 Å². The van der Waals surface area contributed by atoms with Gasteiger partial charge in [-0.3, -0.25) is 4.79 Å². The zero-order chi connectivity index (χ0) is 13.5. The number of carbonyl (C=O) groups excluding carboxylic acids is 1. The number of amides is 1. The lowest BCUT2D eigenvalue weighted by Crippen LogP contribution is -2.54. The molecule has 0 aromatic rings. The van der Waals surface area contributed by atoms with E-state index in [1.807, 2.05) is 13.8 Å². The Hall–Kier alpha value is -1.10. The van der Waals surface area contributed by atoms with E-state index in [1.54, 1.807) is 13.8 Å². The zero-order valence-corrected chi connectivity index (χ0v) is 11.2. The van der Waals surface area contributed by atoms with Crippen LogP contribution in [0.1, 0.15) is 40.5 Å². The van der Waals surface area contributed by atoms with Gasteiger partial charge in [0.15, 0.2) is 0 Å². The van der Waals surface area contributed by atoms with Gasteiger partial charge >= 0.3 is 5.97 Å². The number of aliphatic carboxylic acids is 1. The molecule has 2 unspecified atom stereocenters. The minimum Gasteiger partial charge on any atom is -0.480 e. The van der Waals surface area contributed by atoms with E-state index in [2.05, 4.69) is 10.6 Å². The van der Waals surface area contributed by atoms with Crippen LogP contribution in [0.3, 0.4) is 0 Å². The molecule has 0 rings (SSSR count). The molecule has 17 heavy (non-hydrogen) atoms. The number of nitrogens with one attached hydrogen (secondary N) is 2. The van der Waals surface area contributed by atoms with Gasteiger partial charge in [-0.2, -0.15) is 0 Å². The SMILES string of the molecule is CCCC(C)(NC(=O)C(C)CNCC)C(=O)O. The molecule has 0 bridgehead atoms. The maximum Gasteiger partial charge on any atom is 0.329 e. The Morgan fingerprint density at radius 3 is 2.35 bits per heavy atom. The lowest BCUT2D eigenvalue weighted by atomic mass is 9.95. The summed E-state index contributed by atoms with van der Waals surface area (Å²) in [5.41, 5.74) is -1.16. The van der Waals surface area contributed by atoms with Crippen LogP contribution in [-0.4, -0.2) is 35.6 Å². The standard InChI is InChI=1S/C12H24N2O3/c1-5-7-12(4,11(16)17)14-10(15)9(3)8-13-6-2/h9,13H,5-8H2,1-4H3,(H,14,15)(H,16,17). The molecular formula is C12H24N2O3. The number of hydrogen-bond donors (Lipinski definition) is 3. The first-order valence-electron chi connectivity index (χ1n) is 6.13. The quantitative estimate of drug-likeness (QED) is 0.595. The lowest BCUT2D eigenvalue weighted by Gasteiger charge is -2.27. The minimum atomic E-state index is -1.16. The summed E-state index contributed by atoms with van der Waals surface area (Å²) < 4.78 is 0. The first-order chi connectivity index (χ1) is 7.87. The van der Waals surface area contributed by atoms with Crippen LogP contribution in [0.5, 0.6) is 0 Å². The maximum absolute atomic E-state index is 11.8. The van der Waals surface area contributed by atoms with Gasteiger partial charge in [0.05, 0.1) is 0 Å². The van der Waals surface area contributed by atoms with E-state index in [9.17, 15) is 9.59 Å². The molecule has 0 aliphatic heterocycles. The first-order valence-corrected chi connectivity index (χ1v) is 6.13. The van der Waals surface area contributed by atoms with Crippen molar-refractivity contribution in [2.75, 3.05) is 13.1 Å². The summed E-state index contributed by atoms with van der Waals surface area (Å²) in [5, 5.41) is 14.8. The molecule has 100 valence electrons. The summed E-state index contributed by atoms with van der Waals surface area (Å²) in [6.07, 6.45) is 1.15. The van der Waals surface area contributed by atoms with Gasteiger partial charge in [0.2, 0.25) is 5.91 Å². The summed E-state index contributed by atoms with van der Waals surface area (Å²) in [6.45, 7) is 8.55. The predicted molar refractivity (Wildman–Crippen MR) is 66.8 cm³/mol. The van der Waals surface area contributed by atoms with Gasteiger partial charge in [-0.15, -0.1) is 0 Å². The molecule has 0 saturated heterocycles. The van der Waals surface area contributed by atoms with E-state index in [0.717, 1.165) is 6.54 Å². The highest BCUT2D eigenvalue weighted by molar-refractivity contribution is 5.87. The van der Waals surface area contributed by atoms with Crippen LogP contribution in [0.15, 0.2) is 0 Å². The molecule has 0 aromatic carbocycles. The molecule has 0 saturated carbocycles. The highest BCUT2D eigenvalue weighted by atomic mass is 16.4. The zero-order valence-electron chi connectivity index (χ0n) is 11.2. The summed E-state index contributed by atoms with van der Waals surface area (Å²) in [6, 6.07) is 0. The van der Waals surface area contributed by atoms with E-state index in [1.165, 1.54) is 0 Å². The Bertz CT molecular complexity index is 268. The highest BCUT2D eigenvalue weighted by Gasteiger charge is 2.34. The smallest absolute Gasteiger partial charge is 0.329 e. The van der Waals surface area contributed by atoms with E-state index in [0.29, 0.717) is 19.4 Å². The molecule has 5 nitrogen and oxygen atoms in total. The lowest BCUT2D eigenvalue weighted by molar-refractivity contribution is -0.147. The van der Waals surface area contributed by atoms with Crippen molar-refractivity contribution in [3.05, 3.63) is 0 Å². The van der Waals surface area contributed by atoms with E-state index in [-0.39, 0.29) is 11.8 Å². The van der Waals surface area contributed by atoms with Gasteiger partial charge in [-0.25, -0.2) is 4.79 Å². The third kappa shape index (κ3) is 5.17. The molecule has 5 heteroatoms. The minimum absolute atomic E-state index is 0.218. The fourth-order valence-electron chi connectivity index (χ4n) is 1.57. The molecule has 0 fully saturated rings. The van der Waals surface area contributed by atoms with Crippen LogP contribution >= 0.6 is 0 Å². The van der Waals surface area contributed by atoms with Crippen molar-refractivity contribution in [2.24, 2.45) is 5.92 Å². The third-order valence-electron chi connectivity index (χ3n) is 2.77.